The molecular weight excluding hydrogens is 318 g/mol. The molecule has 1 atom stereocenters. The summed E-state index contributed by atoms with van der Waals surface area (Å²) in [7, 11) is 1.40. The van der Waals surface area contributed by atoms with E-state index in [9.17, 15) is 4.79 Å². The van der Waals surface area contributed by atoms with Crippen LogP contribution in [0, 0.1) is 5.92 Å². The fraction of sp³-hybridized carbons (Fsp3) is 0.562. The van der Waals surface area contributed by atoms with Gasteiger partial charge in [0.15, 0.2) is 0 Å². The first-order valence-electron chi connectivity index (χ1n) is 7.24. The fourth-order valence-electron chi connectivity index (χ4n) is 2.34. The maximum atomic E-state index is 11.5. The molecule has 3 nitrogen and oxygen atoms in total. The Morgan fingerprint density at radius 1 is 1.50 bits per heavy atom. The largest absolute Gasteiger partial charge is 0.465 e. The Morgan fingerprint density at radius 2 is 2.25 bits per heavy atom. The van der Waals surface area contributed by atoms with Crippen molar-refractivity contribution in [2.24, 2.45) is 5.92 Å². The van der Waals surface area contributed by atoms with E-state index < -0.39 is 0 Å². The zero-order chi connectivity index (χ0) is 14.5. The maximum Gasteiger partial charge on any atom is 0.337 e. The van der Waals surface area contributed by atoms with Crippen LogP contribution in [0.2, 0.25) is 0 Å². The zero-order valence-electron chi connectivity index (χ0n) is 12.1. The second-order valence-corrected chi connectivity index (χ2v) is 6.32. The molecule has 0 amide bonds. The molecule has 20 heavy (non-hydrogen) atoms. The number of halogens is 1. The Morgan fingerprint density at radius 3 is 2.80 bits per heavy atom. The van der Waals surface area contributed by atoms with Crippen molar-refractivity contribution in [2.75, 3.05) is 7.11 Å². The van der Waals surface area contributed by atoms with Gasteiger partial charge in [0.1, 0.15) is 0 Å². The van der Waals surface area contributed by atoms with Gasteiger partial charge < -0.3 is 10.1 Å². The number of hydrogen-bond acceptors (Lipinski definition) is 3. The van der Waals surface area contributed by atoms with Crippen molar-refractivity contribution >= 4 is 21.9 Å². The number of ether oxygens (including phenoxy) is 1. The highest BCUT2D eigenvalue weighted by Gasteiger charge is 2.24. The first kappa shape index (κ1) is 15.5. The summed E-state index contributed by atoms with van der Waals surface area (Å²) in [5, 5.41) is 3.61. The van der Waals surface area contributed by atoms with Crippen LogP contribution in [-0.4, -0.2) is 19.1 Å². The summed E-state index contributed by atoms with van der Waals surface area (Å²) in [6, 6.07) is 6.21. The highest BCUT2D eigenvalue weighted by atomic mass is 79.9. The zero-order valence-corrected chi connectivity index (χ0v) is 13.7. The van der Waals surface area contributed by atoms with Crippen LogP contribution in [0.1, 0.15) is 48.5 Å². The molecule has 0 aromatic heterocycles. The summed E-state index contributed by atoms with van der Waals surface area (Å²) in [4.78, 5) is 11.5. The molecule has 1 fully saturated rings. The van der Waals surface area contributed by atoms with Gasteiger partial charge in [-0.15, -0.1) is 0 Å². The second-order valence-electron chi connectivity index (χ2n) is 5.46. The number of carbonyl (C=O) groups is 1. The SMILES string of the molecule is CCC(CC1CC1)NCc1ccc(C(=O)OC)cc1Br. The Labute approximate surface area is 129 Å². The predicted octanol–water partition coefficient (Wildman–Crippen LogP) is 3.90. The Hall–Kier alpha value is -0.870. The van der Waals surface area contributed by atoms with Crippen molar-refractivity contribution in [1.82, 2.24) is 5.32 Å². The monoisotopic (exact) mass is 339 g/mol. The van der Waals surface area contributed by atoms with E-state index in [0.717, 1.165) is 23.4 Å². The van der Waals surface area contributed by atoms with E-state index in [-0.39, 0.29) is 5.97 Å². The highest BCUT2D eigenvalue weighted by Crippen LogP contribution is 2.34. The standard InChI is InChI=1S/C16H22BrNO2/c1-3-14(8-11-4-5-11)18-10-13-7-6-12(9-15(13)17)16(19)20-2/h6-7,9,11,14,18H,3-5,8,10H2,1-2H3. The number of nitrogens with one attached hydrogen (secondary N) is 1. The number of methoxy groups -OCH3 is 1. The third kappa shape index (κ3) is 4.32. The predicted molar refractivity (Wildman–Crippen MR) is 83.7 cm³/mol. The number of hydrogen-bond donors (Lipinski definition) is 1. The summed E-state index contributed by atoms with van der Waals surface area (Å²) in [5.41, 5.74) is 1.75. The number of esters is 1. The van der Waals surface area contributed by atoms with Gasteiger partial charge in [0.05, 0.1) is 12.7 Å². The van der Waals surface area contributed by atoms with E-state index in [4.69, 9.17) is 4.74 Å². The lowest BCUT2D eigenvalue weighted by molar-refractivity contribution is 0.0600. The molecule has 1 unspecified atom stereocenters. The van der Waals surface area contributed by atoms with E-state index in [2.05, 4.69) is 28.2 Å². The van der Waals surface area contributed by atoms with Crippen LogP contribution < -0.4 is 5.32 Å². The molecule has 1 saturated carbocycles. The summed E-state index contributed by atoms with van der Waals surface area (Å²) < 4.78 is 5.67. The molecule has 2 rings (SSSR count). The number of carbonyl (C=O) groups excluding carboxylic acids is 1. The van der Waals surface area contributed by atoms with Gasteiger partial charge in [0, 0.05) is 17.1 Å². The molecule has 0 radical (unpaired) electrons. The van der Waals surface area contributed by atoms with Crippen molar-refractivity contribution in [3.05, 3.63) is 33.8 Å². The van der Waals surface area contributed by atoms with Gasteiger partial charge in [-0.05, 0) is 36.5 Å². The number of benzene rings is 1. The van der Waals surface area contributed by atoms with Crippen LogP contribution in [0.5, 0.6) is 0 Å². The van der Waals surface area contributed by atoms with Gasteiger partial charge in [-0.25, -0.2) is 4.79 Å². The van der Waals surface area contributed by atoms with Crippen molar-refractivity contribution in [2.45, 2.75) is 45.2 Å². The first-order valence-corrected chi connectivity index (χ1v) is 8.03. The van der Waals surface area contributed by atoms with E-state index >= 15 is 0 Å². The van der Waals surface area contributed by atoms with E-state index in [0.29, 0.717) is 11.6 Å². The average molecular weight is 340 g/mol. The Bertz CT molecular complexity index is 472. The molecule has 0 spiro atoms. The molecule has 4 heteroatoms. The van der Waals surface area contributed by atoms with Crippen LogP contribution >= 0.6 is 15.9 Å². The molecule has 1 aliphatic carbocycles. The Kier molecular flexibility index (Phi) is 5.61. The molecule has 0 heterocycles. The normalized spacial score (nSPS) is 15.9. The smallest absolute Gasteiger partial charge is 0.337 e. The molecule has 0 aliphatic heterocycles. The molecule has 110 valence electrons. The van der Waals surface area contributed by atoms with Crippen molar-refractivity contribution < 1.29 is 9.53 Å². The van der Waals surface area contributed by atoms with Gasteiger partial charge >= 0.3 is 5.97 Å². The fourth-order valence-corrected chi connectivity index (χ4v) is 2.86. The van der Waals surface area contributed by atoms with Gasteiger partial charge in [-0.2, -0.15) is 0 Å². The van der Waals surface area contributed by atoms with Crippen molar-refractivity contribution in [3.63, 3.8) is 0 Å². The van der Waals surface area contributed by atoms with Crippen LogP contribution in [0.4, 0.5) is 0 Å². The molecule has 1 N–H and O–H groups in total. The topological polar surface area (TPSA) is 38.3 Å². The first-order chi connectivity index (χ1) is 9.63. The highest BCUT2D eigenvalue weighted by molar-refractivity contribution is 9.10. The minimum absolute atomic E-state index is 0.301. The van der Waals surface area contributed by atoms with Gasteiger partial charge in [-0.3, -0.25) is 0 Å². The van der Waals surface area contributed by atoms with Gasteiger partial charge in [-0.1, -0.05) is 41.8 Å². The lowest BCUT2D eigenvalue weighted by atomic mass is 10.1. The summed E-state index contributed by atoms with van der Waals surface area (Å²) in [6.45, 7) is 3.06. The molecule has 1 aromatic carbocycles. The molecule has 1 aromatic rings. The van der Waals surface area contributed by atoms with Crippen LogP contribution in [0.25, 0.3) is 0 Å². The second kappa shape index (κ2) is 7.23. The third-order valence-corrected chi connectivity index (χ3v) is 4.60. The van der Waals surface area contributed by atoms with Gasteiger partial charge in [0.25, 0.3) is 0 Å². The van der Waals surface area contributed by atoms with E-state index in [1.807, 2.05) is 18.2 Å². The molecular formula is C16H22BrNO2. The number of rotatable bonds is 7. The van der Waals surface area contributed by atoms with E-state index in [1.54, 1.807) is 0 Å². The van der Waals surface area contributed by atoms with Crippen LogP contribution in [0.3, 0.4) is 0 Å². The maximum absolute atomic E-state index is 11.5. The minimum Gasteiger partial charge on any atom is -0.465 e. The van der Waals surface area contributed by atoms with Crippen molar-refractivity contribution in [3.8, 4) is 0 Å². The average Bonchev–Trinajstić information content (AvgIpc) is 3.27. The quantitative estimate of drug-likeness (QED) is 0.765. The lowest BCUT2D eigenvalue weighted by Crippen LogP contribution is -2.28. The molecule has 0 bridgehead atoms. The summed E-state index contributed by atoms with van der Waals surface area (Å²) >= 11 is 3.53. The molecule has 0 saturated heterocycles. The lowest BCUT2D eigenvalue weighted by Gasteiger charge is -2.17. The third-order valence-electron chi connectivity index (χ3n) is 3.86. The minimum atomic E-state index is -0.301. The van der Waals surface area contributed by atoms with Crippen LogP contribution in [-0.2, 0) is 11.3 Å². The molecule has 1 aliphatic rings. The summed E-state index contributed by atoms with van der Waals surface area (Å²) in [5.74, 6) is 0.642. The van der Waals surface area contributed by atoms with Crippen LogP contribution in [0.15, 0.2) is 22.7 Å². The van der Waals surface area contributed by atoms with Gasteiger partial charge in [0.2, 0.25) is 0 Å². The Balaban J connectivity index is 1.93. The van der Waals surface area contributed by atoms with E-state index in [1.165, 1.54) is 31.9 Å². The van der Waals surface area contributed by atoms with Crippen molar-refractivity contribution in [1.29, 1.82) is 0 Å². The summed E-state index contributed by atoms with van der Waals surface area (Å²) in [6.07, 6.45) is 5.24.